The number of halogens is 3. The summed E-state index contributed by atoms with van der Waals surface area (Å²) in [4.78, 5) is 12.1. The number of carbonyl (C=O) groups is 1. The lowest BCUT2D eigenvalue weighted by atomic mass is 10.1. The van der Waals surface area contributed by atoms with Crippen LogP contribution < -0.4 is 10.6 Å². The Morgan fingerprint density at radius 1 is 1.09 bits per heavy atom. The maximum absolute atomic E-state index is 12.1. The zero-order valence-corrected chi connectivity index (χ0v) is 15.9. The lowest BCUT2D eigenvalue weighted by Crippen LogP contribution is -2.49. The molecule has 0 aliphatic carbocycles. The number of benzene rings is 1. The standard InChI is InChI=1S/C17H25Cl3N2O/c1-3-4-5-6-7-8-15(23)22-16(17(18,19)20)21-14-11-9-13(2)10-12-14/h9-12,16,21H,3-8H2,1-2H3,(H,22,23). The van der Waals surface area contributed by atoms with Crippen LogP contribution >= 0.6 is 34.8 Å². The molecule has 3 nitrogen and oxygen atoms in total. The second-order valence-electron chi connectivity index (χ2n) is 5.72. The fourth-order valence-electron chi connectivity index (χ4n) is 2.14. The van der Waals surface area contributed by atoms with Crippen LogP contribution in [-0.4, -0.2) is 15.9 Å². The molecule has 0 aromatic heterocycles. The molecule has 0 heterocycles. The SMILES string of the molecule is CCCCCCCC(=O)NC(Nc1ccc(C)cc1)C(Cl)(Cl)Cl. The van der Waals surface area contributed by atoms with Crippen molar-refractivity contribution < 1.29 is 4.79 Å². The van der Waals surface area contributed by atoms with E-state index in [0.717, 1.165) is 30.5 Å². The Balaban J connectivity index is 2.51. The number of nitrogens with one attached hydrogen (secondary N) is 2. The number of alkyl halides is 3. The molecule has 1 atom stereocenters. The van der Waals surface area contributed by atoms with Crippen molar-refractivity contribution in [1.82, 2.24) is 5.32 Å². The lowest BCUT2D eigenvalue weighted by molar-refractivity contribution is -0.121. The van der Waals surface area contributed by atoms with Gasteiger partial charge >= 0.3 is 0 Å². The first-order valence-corrected chi connectivity index (χ1v) is 9.15. The van der Waals surface area contributed by atoms with Gasteiger partial charge in [-0.15, -0.1) is 0 Å². The minimum absolute atomic E-state index is 0.113. The molecule has 6 heteroatoms. The van der Waals surface area contributed by atoms with E-state index >= 15 is 0 Å². The van der Waals surface area contributed by atoms with Gasteiger partial charge in [0.05, 0.1) is 0 Å². The zero-order valence-electron chi connectivity index (χ0n) is 13.7. The van der Waals surface area contributed by atoms with Crippen LogP contribution in [0.15, 0.2) is 24.3 Å². The summed E-state index contributed by atoms with van der Waals surface area (Å²) in [5, 5.41) is 5.83. The Morgan fingerprint density at radius 3 is 2.26 bits per heavy atom. The van der Waals surface area contributed by atoms with Crippen molar-refractivity contribution in [2.75, 3.05) is 5.32 Å². The Hall–Kier alpha value is -0.640. The third-order valence-electron chi connectivity index (χ3n) is 3.50. The fraction of sp³-hybridized carbons (Fsp3) is 0.588. The van der Waals surface area contributed by atoms with Gasteiger partial charge in [-0.05, 0) is 25.5 Å². The van der Waals surface area contributed by atoms with Crippen molar-refractivity contribution in [3.8, 4) is 0 Å². The van der Waals surface area contributed by atoms with E-state index in [1.54, 1.807) is 0 Å². The van der Waals surface area contributed by atoms with Gasteiger partial charge in [-0.2, -0.15) is 0 Å². The maximum atomic E-state index is 12.1. The number of aryl methyl sites for hydroxylation is 1. The third kappa shape index (κ3) is 8.69. The summed E-state index contributed by atoms with van der Waals surface area (Å²) < 4.78 is -1.64. The first-order valence-electron chi connectivity index (χ1n) is 8.02. The molecule has 2 N–H and O–H groups in total. The average molecular weight is 380 g/mol. The molecule has 0 bridgehead atoms. The van der Waals surface area contributed by atoms with E-state index < -0.39 is 9.96 Å². The van der Waals surface area contributed by atoms with Crippen LogP contribution in [0.4, 0.5) is 5.69 Å². The van der Waals surface area contributed by atoms with E-state index in [-0.39, 0.29) is 5.91 Å². The van der Waals surface area contributed by atoms with Gasteiger partial charge in [0.1, 0.15) is 6.17 Å². The monoisotopic (exact) mass is 378 g/mol. The van der Waals surface area contributed by atoms with Crippen LogP contribution in [-0.2, 0) is 4.79 Å². The molecule has 130 valence electrons. The van der Waals surface area contributed by atoms with Crippen LogP contribution in [0.3, 0.4) is 0 Å². The maximum Gasteiger partial charge on any atom is 0.228 e. The minimum Gasteiger partial charge on any atom is -0.362 e. The van der Waals surface area contributed by atoms with Gasteiger partial charge in [0.2, 0.25) is 9.70 Å². The van der Waals surface area contributed by atoms with Gasteiger partial charge < -0.3 is 10.6 Å². The molecule has 0 aliphatic heterocycles. The van der Waals surface area contributed by atoms with Crippen LogP contribution in [0, 0.1) is 6.92 Å². The van der Waals surface area contributed by atoms with Crippen molar-refractivity contribution in [3.05, 3.63) is 29.8 Å². The normalized spacial score (nSPS) is 12.7. The summed E-state index contributed by atoms with van der Waals surface area (Å²) in [5.41, 5.74) is 1.92. The summed E-state index contributed by atoms with van der Waals surface area (Å²) in [5.74, 6) is -0.113. The van der Waals surface area contributed by atoms with Crippen molar-refractivity contribution in [2.24, 2.45) is 0 Å². The van der Waals surface area contributed by atoms with Gasteiger partial charge in [-0.3, -0.25) is 4.79 Å². The highest BCUT2D eigenvalue weighted by Crippen LogP contribution is 2.31. The third-order valence-corrected chi connectivity index (χ3v) is 4.16. The van der Waals surface area contributed by atoms with E-state index in [1.165, 1.54) is 12.8 Å². The van der Waals surface area contributed by atoms with Crippen molar-refractivity contribution >= 4 is 46.4 Å². The molecule has 1 aromatic carbocycles. The summed E-state index contributed by atoms with van der Waals surface area (Å²) in [6, 6.07) is 7.67. The Labute approximate surface area is 154 Å². The Bertz CT molecular complexity index is 472. The lowest BCUT2D eigenvalue weighted by Gasteiger charge is -2.27. The second kappa shape index (κ2) is 10.3. The molecule has 0 aliphatic rings. The Kier molecular flexibility index (Phi) is 9.11. The predicted octanol–water partition coefficient (Wildman–Crippen LogP) is 5.58. The summed E-state index contributed by atoms with van der Waals surface area (Å²) in [6.07, 6.45) is 5.09. The number of carbonyl (C=O) groups excluding carboxylic acids is 1. The molecule has 0 saturated carbocycles. The molecule has 0 radical (unpaired) electrons. The van der Waals surface area contributed by atoms with E-state index in [9.17, 15) is 4.79 Å². The molecule has 1 unspecified atom stereocenters. The highest BCUT2D eigenvalue weighted by atomic mass is 35.6. The molecule has 1 rings (SSSR count). The van der Waals surface area contributed by atoms with Gasteiger partial charge in [-0.1, -0.05) is 85.1 Å². The van der Waals surface area contributed by atoms with Gasteiger partial charge in [0, 0.05) is 12.1 Å². The number of hydrogen-bond acceptors (Lipinski definition) is 2. The average Bonchev–Trinajstić information content (AvgIpc) is 2.47. The number of amides is 1. The summed E-state index contributed by atoms with van der Waals surface area (Å²) in [6.45, 7) is 4.16. The van der Waals surface area contributed by atoms with Crippen molar-refractivity contribution in [1.29, 1.82) is 0 Å². The zero-order chi connectivity index (χ0) is 17.3. The number of hydrogen-bond donors (Lipinski definition) is 2. The highest BCUT2D eigenvalue weighted by Gasteiger charge is 2.33. The topological polar surface area (TPSA) is 41.1 Å². The van der Waals surface area contributed by atoms with E-state index in [1.807, 2.05) is 31.2 Å². The fourth-order valence-corrected chi connectivity index (χ4v) is 2.47. The summed E-state index contributed by atoms with van der Waals surface area (Å²) in [7, 11) is 0. The van der Waals surface area contributed by atoms with E-state index in [4.69, 9.17) is 34.8 Å². The molecular formula is C17H25Cl3N2O. The largest absolute Gasteiger partial charge is 0.362 e. The highest BCUT2D eigenvalue weighted by molar-refractivity contribution is 6.68. The number of rotatable bonds is 9. The quantitative estimate of drug-likeness (QED) is 0.334. The van der Waals surface area contributed by atoms with Crippen molar-refractivity contribution in [2.45, 2.75) is 62.3 Å². The molecule has 0 saturated heterocycles. The second-order valence-corrected chi connectivity index (χ2v) is 8.09. The number of unbranched alkanes of at least 4 members (excludes halogenated alkanes) is 4. The predicted molar refractivity (Wildman–Crippen MR) is 100 cm³/mol. The molecule has 0 fully saturated rings. The molecule has 23 heavy (non-hydrogen) atoms. The van der Waals surface area contributed by atoms with Crippen LogP contribution in [0.1, 0.15) is 51.0 Å². The van der Waals surface area contributed by atoms with Crippen molar-refractivity contribution in [3.63, 3.8) is 0 Å². The molecule has 1 aromatic rings. The van der Waals surface area contributed by atoms with Crippen LogP contribution in [0.2, 0.25) is 0 Å². The summed E-state index contributed by atoms with van der Waals surface area (Å²) >= 11 is 17.9. The van der Waals surface area contributed by atoms with Crippen LogP contribution in [0.25, 0.3) is 0 Å². The molecule has 1 amide bonds. The first kappa shape index (κ1) is 20.4. The Morgan fingerprint density at radius 2 is 1.70 bits per heavy atom. The van der Waals surface area contributed by atoms with Gasteiger partial charge in [0.25, 0.3) is 0 Å². The van der Waals surface area contributed by atoms with Crippen LogP contribution in [0.5, 0.6) is 0 Å². The minimum atomic E-state index is -1.64. The molecule has 0 spiro atoms. The van der Waals surface area contributed by atoms with Gasteiger partial charge in [0.15, 0.2) is 0 Å². The first-order chi connectivity index (χ1) is 10.8. The molecular weight excluding hydrogens is 355 g/mol. The van der Waals surface area contributed by atoms with Gasteiger partial charge in [-0.25, -0.2) is 0 Å². The van der Waals surface area contributed by atoms with E-state index in [2.05, 4.69) is 17.6 Å². The van der Waals surface area contributed by atoms with E-state index in [0.29, 0.717) is 6.42 Å². The smallest absolute Gasteiger partial charge is 0.228 e. The number of anilines is 1.